The van der Waals surface area contributed by atoms with Gasteiger partial charge in [-0.25, -0.2) is 4.68 Å². The minimum absolute atomic E-state index is 0.657. The predicted octanol–water partition coefficient (Wildman–Crippen LogP) is 3.07. The lowest BCUT2D eigenvalue weighted by Crippen LogP contribution is -2.39. The average molecular weight is 422 g/mol. The summed E-state index contributed by atoms with van der Waals surface area (Å²) >= 11 is 3.62. The van der Waals surface area contributed by atoms with Crippen LogP contribution in [0.4, 0.5) is 0 Å². The number of halogens is 1. The number of hydrogen-bond donors (Lipinski definition) is 0. The summed E-state index contributed by atoms with van der Waals surface area (Å²) in [6.07, 6.45) is 8.40. The summed E-state index contributed by atoms with van der Waals surface area (Å²) in [4.78, 5) is 2.57. The van der Waals surface area contributed by atoms with Crippen LogP contribution in [0, 0.1) is 5.92 Å². The number of fused-ring (bicyclic) bond motifs is 1. The van der Waals surface area contributed by atoms with Crippen LogP contribution in [-0.2, 0) is 24.1 Å². The van der Waals surface area contributed by atoms with Gasteiger partial charge in [-0.15, -0.1) is 0 Å². The van der Waals surface area contributed by atoms with Crippen molar-refractivity contribution in [2.75, 3.05) is 26.3 Å². The lowest BCUT2D eigenvalue weighted by molar-refractivity contribution is 0.140. The van der Waals surface area contributed by atoms with E-state index in [4.69, 9.17) is 9.84 Å². The molecule has 1 fully saturated rings. The molecule has 142 valence electrons. The molecule has 0 aliphatic carbocycles. The highest BCUT2D eigenvalue weighted by molar-refractivity contribution is 9.10. The van der Waals surface area contributed by atoms with Gasteiger partial charge in [-0.1, -0.05) is 0 Å². The maximum Gasteiger partial charge on any atom is 0.132 e. The van der Waals surface area contributed by atoms with Crippen molar-refractivity contribution in [3.63, 3.8) is 0 Å². The van der Waals surface area contributed by atoms with Crippen LogP contribution < -0.4 is 0 Å². The highest BCUT2D eigenvalue weighted by Gasteiger charge is 2.23. The van der Waals surface area contributed by atoms with Crippen LogP contribution >= 0.6 is 15.9 Å². The fourth-order valence-corrected chi connectivity index (χ4v) is 4.68. The first kappa shape index (κ1) is 18.2. The molecule has 0 amide bonds. The van der Waals surface area contributed by atoms with Crippen LogP contribution in [0.5, 0.6) is 0 Å². The van der Waals surface area contributed by atoms with Gasteiger partial charge in [0.1, 0.15) is 10.3 Å². The number of hydrogen-bond acceptors (Lipinski definition) is 4. The van der Waals surface area contributed by atoms with E-state index in [0.29, 0.717) is 12.0 Å². The second-order valence-electron chi connectivity index (χ2n) is 7.73. The van der Waals surface area contributed by atoms with Crippen LogP contribution in [0.15, 0.2) is 17.0 Å². The minimum Gasteiger partial charge on any atom is -0.381 e. The van der Waals surface area contributed by atoms with Gasteiger partial charge in [0.05, 0.1) is 31.3 Å². The van der Waals surface area contributed by atoms with E-state index in [2.05, 4.69) is 50.7 Å². The summed E-state index contributed by atoms with van der Waals surface area (Å²) in [6.45, 7) is 9.51. The molecule has 0 saturated carbocycles. The Balaban J connectivity index is 1.46. The fourth-order valence-electron chi connectivity index (χ4n) is 4.10. The lowest BCUT2D eigenvalue weighted by Gasteiger charge is -2.34. The zero-order valence-corrected chi connectivity index (χ0v) is 17.3. The molecule has 0 spiro atoms. The van der Waals surface area contributed by atoms with Crippen molar-refractivity contribution in [3.8, 4) is 5.69 Å². The molecule has 2 aromatic rings. The molecule has 0 N–H and O–H groups in total. The predicted molar refractivity (Wildman–Crippen MR) is 105 cm³/mol. The summed E-state index contributed by atoms with van der Waals surface area (Å²) in [5, 5.41) is 9.33. The Hall–Kier alpha value is -1.18. The molecule has 0 radical (unpaired) electrons. The van der Waals surface area contributed by atoms with Crippen molar-refractivity contribution in [1.82, 2.24) is 24.5 Å². The Morgan fingerprint density at radius 1 is 1.23 bits per heavy atom. The first-order valence-corrected chi connectivity index (χ1v) is 10.5. The van der Waals surface area contributed by atoms with Crippen molar-refractivity contribution < 1.29 is 4.74 Å². The van der Waals surface area contributed by atoms with Crippen LogP contribution in [0.1, 0.15) is 37.9 Å². The average Bonchev–Trinajstić information content (AvgIpc) is 3.11. The number of ether oxygens (including phenoxy) is 1. The van der Waals surface area contributed by atoms with Gasteiger partial charge in [-0.05, 0) is 61.6 Å². The fraction of sp³-hybridized carbons (Fsp3) is 0.684. The Bertz CT molecular complexity index is 745. The highest BCUT2D eigenvalue weighted by Crippen LogP contribution is 2.26. The third-order valence-corrected chi connectivity index (χ3v) is 6.35. The molecule has 6 nitrogen and oxygen atoms in total. The molecule has 2 aliphatic heterocycles. The van der Waals surface area contributed by atoms with Crippen LogP contribution in [-0.4, -0.2) is 56.8 Å². The van der Waals surface area contributed by atoms with Gasteiger partial charge in [-0.2, -0.15) is 10.2 Å². The van der Waals surface area contributed by atoms with Gasteiger partial charge < -0.3 is 9.64 Å². The molecule has 4 heterocycles. The van der Waals surface area contributed by atoms with Crippen molar-refractivity contribution in [1.29, 1.82) is 0 Å². The van der Waals surface area contributed by atoms with E-state index in [0.717, 1.165) is 42.9 Å². The monoisotopic (exact) mass is 421 g/mol. The number of aromatic nitrogens is 4. The third kappa shape index (κ3) is 3.75. The molecule has 0 bridgehead atoms. The van der Waals surface area contributed by atoms with E-state index in [9.17, 15) is 0 Å². The van der Waals surface area contributed by atoms with Crippen molar-refractivity contribution in [2.45, 2.75) is 52.1 Å². The van der Waals surface area contributed by atoms with Crippen LogP contribution in [0.2, 0.25) is 0 Å². The van der Waals surface area contributed by atoms with Crippen molar-refractivity contribution in [3.05, 3.63) is 28.3 Å². The Kier molecular flexibility index (Phi) is 5.47. The van der Waals surface area contributed by atoms with Crippen molar-refractivity contribution in [2.24, 2.45) is 5.92 Å². The summed E-state index contributed by atoms with van der Waals surface area (Å²) in [6, 6.07) is 0.657. The van der Waals surface area contributed by atoms with Gasteiger partial charge in [0.15, 0.2) is 0 Å². The van der Waals surface area contributed by atoms with E-state index >= 15 is 0 Å². The summed E-state index contributed by atoms with van der Waals surface area (Å²) in [7, 11) is 0. The number of rotatable bonds is 4. The van der Waals surface area contributed by atoms with E-state index in [1.54, 1.807) is 0 Å². The normalized spacial score (nSPS) is 19.7. The maximum absolute atomic E-state index is 5.63. The molecule has 26 heavy (non-hydrogen) atoms. The summed E-state index contributed by atoms with van der Waals surface area (Å²) in [5.74, 6) is 0.715. The molecule has 0 aromatic carbocycles. The third-order valence-electron chi connectivity index (χ3n) is 5.71. The molecule has 2 aromatic heterocycles. The van der Waals surface area contributed by atoms with Crippen molar-refractivity contribution >= 4 is 15.9 Å². The minimum atomic E-state index is 0.657. The van der Waals surface area contributed by atoms with Gasteiger partial charge in [0.25, 0.3) is 0 Å². The van der Waals surface area contributed by atoms with E-state index < -0.39 is 0 Å². The molecule has 4 rings (SSSR count). The maximum atomic E-state index is 5.63. The zero-order chi connectivity index (χ0) is 18.1. The van der Waals surface area contributed by atoms with Gasteiger partial charge in [0, 0.05) is 31.0 Å². The first-order valence-electron chi connectivity index (χ1n) is 9.72. The molecule has 0 unspecified atom stereocenters. The molecule has 1 saturated heterocycles. The van der Waals surface area contributed by atoms with Gasteiger partial charge in [-0.3, -0.25) is 4.68 Å². The summed E-state index contributed by atoms with van der Waals surface area (Å²) in [5.41, 5.74) is 3.57. The van der Waals surface area contributed by atoms with E-state index in [1.807, 2.05) is 10.9 Å². The number of nitrogens with zero attached hydrogens (tertiary/aromatic N) is 5. The number of piperidine rings is 1. The Labute approximate surface area is 163 Å². The molecule has 0 atom stereocenters. The van der Waals surface area contributed by atoms with Gasteiger partial charge in [0.2, 0.25) is 0 Å². The Morgan fingerprint density at radius 3 is 2.77 bits per heavy atom. The molecule has 7 heteroatoms. The smallest absolute Gasteiger partial charge is 0.132 e. The Morgan fingerprint density at radius 2 is 2.00 bits per heavy atom. The van der Waals surface area contributed by atoms with Crippen LogP contribution in [0.25, 0.3) is 5.69 Å². The molecule has 2 aliphatic rings. The quantitative estimate of drug-likeness (QED) is 0.760. The number of likely N-dealkylation sites (tertiary alicyclic amines) is 1. The second kappa shape index (κ2) is 7.82. The van der Waals surface area contributed by atoms with E-state index in [1.165, 1.54) is 37.2 Å². The lowest BCUT2D eigenvalue weighted by atomic mass is 9.96. The SMILES string of the molecule is CC(C)N1CCC(Cn2cc(-n3nc(Br)c4c3CCOCC4)cn2)CC1. The first-order chi connectivity index (χ1) is 12.6. The van der Waals surface area contributed by atoms with E-state index in [-0.39, 0.29) is 0 Å². The topological polar surface area (TPSA) is 48.1 Å². The largest absolute Gasteiger partial charge is 0.381 e. The molecular weight excluding hydrogens is 394 g/mol. The second-order valence-corrected chi connectivity index (χ2v) is 8.49. The zero-order valence-electron chi connectivity index (χ0n) is 15.7. The molecular formula is C19H28BrN5O. The summed E-state index contributed by atoms with van der Waals surface area (Å²) < 4.78 is 10.7. The highest BCUT2D eigenvalue weighted by atomic mass is 79.9. The van der Waals surface area contributed by atoms with Crippen LogP contribution in [0.3, 0.4) is 0 Å². The standard InChI is InChI=1S/C19H28BrN5O/c1-14(2)23-7-3-15(4-8-23)12-24-13-16(11-21-24)25-18-6-10-26-9-5-17(18)19(20)22-25/h11,13-15H,3-10,12H2,1-2H3. The van der Waals surface area contributed by atoms with Gasteiger partial charge >= 0.3 is 0 Å².